The monoisotopic (exact) mass is 234 g/mol. The fraction of sp³-hybridized carbons (Fsp3) is 0.538. The number of carbonyl (C=O) groups excluding carboxylic acids is 1. The van der Waals surface area contributed by atoms with E-state index in [1.165, 1.54) is 6.42 Å². The first-order valence-corrected chi connectivity index (χ1v) is 6.07. The normalized spacial score (nSPS) is 22.7. The van der Waals surface area contributed by atoms with Crippen molar-refractivity contribution >= 4 is 11.6 Å². The van der Waals surface area contributed by atoms with Gasteiger partial charge in [0.05, 0.1) is 0 Å². The second kappa shape index (κ2) is 5.17. The molecule has 2 rings (SSSR count). The van der Waals surface area contributed by atoms with E-state index < -0.39 is 0 Å². The SMILES string of the molecule is Cc1ccc(C(=O)N/N=C2/CCC[C@@H](C)C2)o1. The van der Waals surface area contributed by atoms with E-state index in [1.807, 2.05) is 6.92 Å². The van der Waals surface area contributed by atoms with Crippen LogP contribution in [0, 0.1) is 12.8 Å². The van der Waals surface area contributed by atoms with Crippen molar-refractivity contribution in [1.82, 2.24) is 5.43 Å². The molecule has 0 bridgehead atoms. The fourth-order valence-corrected chi connectivity index (χ4v) is 2.10. The van der Waals surface area contributed by atoms with Gasteiger partial charge < -0.3 is 4.42 Å². The maximum atomic E-state index is 11.7. The Morgan fingerprint density at radius 2 is 2.35 bits per heavy atom. The van der Waals surface area contributed by atoms with Crippen molar-refractivity contribution in [3.8, 4) is 0 Å². The fourth-order valence-electron chi connectivity index (χ4n) is 2.10. The van der Waals surface area contributed by atoms with Crippen molar-refractivity contribution in [3.05, 3.63) is 23.7 Å². The van der Waals surface area contributed by atoms with Crippen LogP contribution in [0.5, 0.6) is 0 Å². The average Bonchev–Trinajstić information content (AvgIpc) is 2.73. The van der Waals surface area contributed by atoms with E-state index >= 15 is 0 Å². The van der Waals surface area contributed by atoms with E-state index in [-0.39, 0.29) is 5.91 Å². The topological polar surface area (TPSA) is 54.6 Å². The van der Waals surface area contributed by atoms with E-state index in [4.69, 9.17) is 4.42 Å². The van der Waals surface area contributed by atoms with Crippen molar-refractivity contribution in [3.63, 3.8) is 0 Å². The van der Waals surface area contributed by atoms with Crippen LogP contribution in [0.3, 0.4) is 0 Å². The first-order chi connectivity index (χ1) is 8.15. The molecule has 0 saturated heterocycles. The van der Waals surface area contributed by atoms with Gasteiger partial charge in [0.1, 0.15) is 5.76 Å². The van der Waals surface area contributed by atoms with Gasteiger partial charge in [-0.3, -0.25) is 4.79 Å². The van der Waals surface area contributed by atoms with Gasteiger partial charge in [-0.2, -0.15) is 5.10 Å². The van der Waals surface area contributed by atoms with Gasteiger partial charge in [-0.15, -0.1) is 0 Å². The molecule has 0 spiro atoms. The molecule has 4 nitrogen and oxygen atoms in total. The molecule has 1 amide bonds. The Morgan fingerprint density at radius 3 is 3.00 bits per heavy atom. The third-order valence-corrected chi connectivity index (χ3v) is 3.03. The summed E-state index contributed by atoms with van der Waals surface area (Å²) in [5, 5.41) is 4.18. The van der Waals surface area contributed by atoms with Gasteiger partial charge in [-0.05, 0) is 50.7 Å². The standard InChI is InChI=1S/C13H18N2O2/c1-9-4-3-5-11(8-9)14-15-13(16)12-7-6-10(2)17-12/h6-7,9H,3-5,8H2,1-2H3,(H,15,16)/b14-11-/t9-/m1/s1. The summed E-state index contributed by atoms with van der Waals surface area (Å²) < 4.78 is 5.22. The molecule has 1 atom stereocenters. The van der Waals surface area contributed by atoms with E-state index in [1.54, 1.807) is 12.1 Å². The molecule has 1 saturated carbocycles. The van der Waals surface area contributed by atoms with Crippen LogP contribution in [0.1, 0.15) is 48.9 Å². The van der Waals surface area contributed by atoms with Crippen LogP contribution in [0.4, 0.5) is 0 Å². The minimum atomic E-state index is -0.274. The molecule has 0 aromatic carbocycles. The second-order valence-corrected chi connectivity index (χ2v) is 4.73. The molecule has 17 heavy (non-hydrogen) atoms. The molecule has 1 aliphatic carbocycles. The summed E-state index contributed by atoms with van der Waals surface area (Å²) in [5.41, 5.74) is 3.64. The zero-order chi connectivity index (χ0) is 12.3. The van der Waals surface area contributed by atoms with Crippen LogP contribution in [0.2, 0.25) is 0 Å². The molecule has 0 unspecified atom stereocenters. The van der Waals surface area contributed by atoms with Crippen LogP contribution >= 0.6 is 0 Å². The number of carbonyl (C=O) groups is 1. The van der Waals surface area contributed by atoms with Gasteiger partial charge >= 0.3 is 5.91 Å². The van der Waals surface area contributed by atoms with Crippen LogP contribution in [-0.4, -0.2) is 11.6 Å². The quantitative estimate of drug-likeness (QED) is 0.800. The molecule has 1 aromatic rings. The lowest BCUT2D eigenvalue weighted by atomic mass is 9.89. The van der Waals surface area contributed by atoms with Crippen molar-refractivity contribution in [1.29, 1.82) is 0 Å². The summed E-state index contributed by atoms with van der Waals surface area (Å²) in [5.74, 6) is 1.44. The van der Waals surface area contributed by atoms with E-state index in [2.05, 4.69) is 17.5 Å². The molecule has 0 radical (unpaired) electrons. The third kappa shape index (κ3) is 3.19. The summed E-state index contributed by atoms with van der Waals surface area (Å²) in [6.07, 6.45) is 4.39. The highest BCUT2D eigenvalue weighted by Crippen LogP contribution is 2.20. The highest BCUT2D eigenvalue weighted by atomic mass is 16.3. The lowest BCUT2D eigenvalue weighted by Crippen LogP contribution is -2.21. The van der Waals surface area contributed by atoms with Crippen molar-refractivity contribution in [2.45, 2.75) is 39.5 Å². The molecular weight excluding hydrogens is 216 g/mol. The predicted octanol–water partition coefficient (Wildman–Crippen LogP) is 2.88. The van der Waals surface area contributed by atoms with Gasteiger partial charge in [-0.1, -0.05) is 6.92 Å². The Morgan fingerprint density at radius 1 is 1.53 bits per heavy atom. The highest BCUT2D eigenvalue weighted by molar-refractivity contribution is 5.93. The highest BCUT2D eigenvalue weighted by Gasteiger charge is 2.15. The summed E-state index contributed by atoms with van der Waals surface area (Å²) in [6.45, 7) is 4.03. The molecule has 1 N–H and O–H groups in total. The number of rotatable bonds is 2. The summed E-state index contributed by atoms with van der Waals surface area (Å²) >= 11 is 0. The Kier molecular flexibility index (Phi) is 3.61. The first-order valence-electron chi connectivity index (χ1n) is 6.07. The van der Waals surface area contributed by atoms with E-state index in [9.17, 15) is 4.79 Å². The minimum absolute atomic E-state index is 0.274. The maximum Gasteiger partial charge on any atom is 0.307 e. The number of nitrogens with one attached hydrogen (secondary N) is 1. The minimum Gasteiger partial charge on any atom is -0.456 e. The smallest absolute Gasteiger partial charge is 0.307 e. The van der Waals surface area contributed by atoms with Gasteiger partial charge in [-0.25, -0.2) is 5.43 Å². The first kappa shape index (κ1) is 11.9. The molecule has 1 heterocycles. The molecule has 1 aromatic heterocycles. The van der Waals surface area contributed by atoms with E-state index in [0.29, 0.717) is 11.7 Å². The van der Waals surface area contributed by atoms with Gasteiger partial charge in [0.2, 0.25) is 0 Å². The number of hydrogen-bond acceptors (Lipinski definition) is 3. The molecule has 1 aliphatic rings. The molecular formula is C13H18N2O2. The number of amides is 1. The van der Waals surface area contributed by atoms with Crippen LogP contribution < -0.4 is 5.43 Å². The average molecular weight is 234 g/mol. The largest absolute Gasteiger partial charge is 0.456 e. The molecule has 4 heteroatoms. The Hall–Kier alpha value is -1.58. The lowest BCUT2D eigenvalue weighted by Gasteiger charge is -2.18. The van der Waals surface area contributed by atoms with Crippen molar-refractivity contribution < 1.29 is 9.21 Å². The van der Waals surface area contributed by atoms with E-state index in [0.717, 1.165) is 30.7 Å². The van der Waals surface area contributed by atoms with Crippen LogP contribution in [0.15, 0.2) is 21.7 Å². The van der Waals surface area contributed by atoms with Crippen LogP contribution in [-0.2, 0) is 0 Å². The number of hydrazone groups is 1. The summed E-state index contributed by atoms with van der Waals surface area (Å²) in [6, 6.07) is 3.43. The number of hydrogen-bond donors (Lipinski definition) is 1. The third-order valence-electron chi connectivity index (χ3n) is 3.03. The lowest BCUT2D eigenvalue weighted by molar-refractivity contribution is 0.0925. The second-order valence-electron chi connectivity index (χ2n) is 4.73. The zero-order valence-electron chi connectivity index (χ0n) is 10.3. The Labute approximate surface area is 101 Å². The number of aryl methyl sites for hydroxylation is 1. The molecule has 92 valence electrons. The van der Waals surface area contributed by atoms with Gasteiger partial charge in [0, 0.05) is 5.71 Å². The molecule has 1 fully saturated rings. The van der Waals surface area contributed by atoms with Gasteiger partial charge in [0.25, 0.3) is 0 Å². The predicted molar refractivity (Wildman–Crippen MR) is 66.0 cm³/mol. The zero-order valence-corrected chi connectivity index (χ0v) is 10.3. The Balaban J connectivity index is 1.93. The van der Waals surface area contributed by atoms with Gasteiger partial charge in [0.15, 0.2) is 5.76 Å². The summed E-state index contributed by atoms with van der Waals surface area (Å²) in [4.78, 5) is 11.7. The van der Waals surface area contributed by atoms with Crippen molar-refractivity contribution in [2.24, 2.45) is 11.0 Å². The molecule has 0 aliphatic heterocycles. The summed E-state index contributed by atoms with van der Waals surface area (Å²) in [7, 11) is 0. The van der Waals surface area contributed by atoms with Crippen LogP contribution in [0.25, 0.3) is 0 Å². The van der Waals surface area contributed by atoms with Crippen molar-refractivity contribution in [2.75, 3.05) is 0 Å². The maximum absolute atomic E-state index is 11.7. The number of nitrogens with zero attached hydrogens (tertiary/aromatic N) is 1. The number of furan rings is 1. The Bertz CT molecular complexity index is 434.